The highest BCUT2D eigenvalue weighted by Crippen LogP contribution is 2.36. The number of piperazine rings is 1. The number of hydrogen-bond donors (Lipinski definition) is 0. The maximum absolute atomic E-state index is 5.49. The van der Waals surface area contributed by atoms with E-state index in [1.807, 2.05) is 12.1 Å². The summed E-state index contributed by atoms with van der Waals surface area (Å²) in [6.07, 6.45) is 4.47. The second-order valence-corrected chi connectivity index (χ2v) is 8.46. The lowest BCUT2D eigenvalue weighted by Crippen LogP contribution is -2.45. The van der Waals surface area contributed by atoms with Gasteiger partial charge >= 0.3 is 0 Å². The van der Waals surface area contributed by atoms with E-state index < -0.39 is 0 Å². The molecule has 3 heterocycles. The van der Waals surface area contributed by atoms with E-state index in [1.54, 1.807) is 11.3 Å². The van der Waals surface area contributed by atoms with Crippen LogP contribution in [0.3, 0.4) is 0 Å². The number of hydrogen-bond acceptors (Lipinski definition) is 6. The number of fused-ring (bicyclic) bond motifs is 1. The third kappa shape index (κ3) is 4.56. The third-order valence-electron chi connectivity index (χ3n) is 5.50. The molecule has 2 aliphatic heterocycles. The Morgan fingerprint density at radius 3 is 2.60 bits per heavy atom. The fourth-order valence-electron chi connectivity index (χ4n) is 3.80. The van der Waals surface area contributed by atoms with Crippen LogP contribution in [0.2, 0.25) is 0 Å². The first-order valence-corrected chi connectivity index (χ1v) is 11.2. The smallest absolute Gasteiger partial charge is 0.231 e. The Labute approximate surface area is 181 Å². The van der Waals surface area contributed by atoms with Crippen molar-refractivity contribution in [3.05, 3.63) is 71.2 Å². The van der Waals surface area contributed by atoms with Crippen molar-refractivity contribution < 1.29 is 9.47 Å². The Balaban J connectivity index is 1.12. The van der Waals surface area contributed by atoms with Crippen molar-refractivity contribution in [2.45, 2.75) is 6.54 Å². The van der Waals surface area contributed by atoms with Gasteiger partial charge in [-0.15, -0.1) is 11.3 Å². The van der Waals surface area contributed by atoms with Crippen LogP contribution in [0.4, 0.5) is 0 Å². The molecule has 30 heavy (non-hydrogen) atoms. The molecule has 0 radical (unpaired) electrons. The van der Waals surface area contributed by atoms with Crippen molar-refractivity contribution in [1.29, 1.82) is 0 Å². The summed E-state index contributed by atoms with van der Waals surface area (Å²) in [5.74, 6) is 1.62. The molecule has 1 saturated heterocycles. The first kappa shape index (κ1) is 19.3. The number of benzene rings is 2. The Morgan fingerprint density at radius 1 is 0.933 bits per heavy atom. The summed E-state index contributed by atoms with van der Waals surface area (Å²) in [6, 6.07) is 16.5. The Bertz CT molecular complexity index is 1010. The lowest BCUT2D eigenvalue weighted by Gasteiger charge is -2.33. The molecule has 0 aliphatic carbocycles. The Morgan fingerprint density at radius 2 is 1.73 bits per heavy atom. The van der Waals surface area contributed by atoms with Gasteiger partial charge in [0.2, 0.25) is 6.79 Å². The summed E-state index contributed by atoms with van der Waals surface area (Å²) in [7, 11) is 0. The van der Waals surface area contributed by atoms with Crippen LogP contribution in [-0.4, -0.2) is 54.3 Å². The van der Waals surface area contributed by atoms with Crippen LogP contribution < -0.4 is 9.47 Å². The van der Waals surface area contributed by atoms with Gasteiger partial charge in [-0.3, -0.25) is 9.80 Å². The van der Waals surface area contributed by atoms with E-state index >= 15 is 0 Å². The highest BCUT2D eigenvalue weighted by Gasteiger charge is 2.18. The van der Waals surface area contributed by atoms with Gasteiger partial charge in [-0.2, -0.15) is 0 Å². The Kier molecular flexibility index (Phi) is 5.79. The van der Waals surface area contributed by atoms with Gasteiger partial charge in [-0.05, 0) is 23.8 Å². The van der Waals surface area contributed by atoms with Crippen molar-refractivity contribution in [2.24, 2.45) is 0 Å². The third-order valence-corrected chi connectivity index (χ3v) is 6.44. The van der Waals surface area contributed by atoms with Gasteiger partial charge in [0.1, 0.15) is 5.01 Å². The molecule has 6 heteroatoms. The first-order chi connectivity index (χ1) is 14.8. The maximum Gasteiger partial charge on any atom is 0.231 e. The quantitative estimate of drug-likeness (QED) is 0.593. The largest absolute Gasteiger partial charge is 0.454 e. The van der Waals surface area contributed by atoms with Gasteiger partial charge in [-0.1, -0.05) is 42.5 Å². The molecule has 2 aromatic carbocycles. The van der Waals surface area contributed by atoms with Crippen molar-refractivity contribution in [3.8, 4) is 22.1 Å². The molecule has 3 aromatic rings. The van der Waals surface area contributed by atoms with Gasteiger partial charge in [0.25, 0.3) is 0 Å². The topological polar surface area (TPSA) is 37.8 Å². The Hall–Kier alpha value is -2.67. The summed E-state index contributed by atoms with van der Waals surface area (Å²) in [4.78, 5) is 9.86. The van der Waals surface area contributed by atoms with Crippen LogP contribution in [0, 0.1) is 0 Å². The summed E-state index contributed by atoms with van der Waals surface area (Å²) in [5, 5.41) is 3.21. The normalized spacial score (nSPS) is 17.1. The second-order valence-electron chi connectivity index (χ2n) is 7.60. The molecule has 0 saturated carbocycles. The summed E-state index contributed by atoms with van der Waals surface area (Å²) in [5.41, 5.74) is 3.49. The lowest BCUT2D eigenvalue weighted by molar-refractivity contribution is 0.136. The van der Waals surface area contributed by atoms with E-state index in [1.165, 1.54) is 5.56 Å². The van der Waals surface area contributed by atoms with Crippen LogP contribution in [-0.2, 0) is 6.54 Å². The van der Waals surface area contributed by atoms with Crippen molar-refractivity contribution in [1.82, 2.24) is 14.8 Å². The van der Waals surface area contributed by atoms with Crippen LogP contribution in [0.1, 0.15) is 11.3 Å². The molecular formula is C24H25N3O2S. The number of ether oxygens (including phenoxy) is 2. The molecule has 0 N–H and O–H groups in total. The zero-order valence-corrected chi connectivity index (χ0v) is 17.7. The molecular weight excluding hydrogens is 394 g/mol. The average Bonchev–Trinajstić information content (AvgIpc) is 3.45. The van der Waals surface area contributed by atoms with E-state index in [9.17, 15) is 0 Å². The molecule has 154 valence electrons. The van der Waals surface area contributed by atoms with E-state index in [4.69, 9.17) is 14.5 Å². The monoisotopic (exact) mass is 419 g/mol. The van der Waals surface area contributed by atoms with Gasteiger partial charge < -0.3 is 9.47 Å². The number of rotatable bonds is 6. The van der Waals surface area contributed by atoms with Gasteiger partial charge in [0, 0.05) is 50.2 Å². The minimum atomic E-state index is 0.302. The SMILES string of the molecule is C(=C\c1ccccc1)/CN1CCN(Cc2csc(-c3ccc4c(c3)OCO4)n2)CC1. The predicted molar refractivity (Wildman–Crippen MR) is 121 cm³/mol. The standard InChI is InChI=1S/C24H25N3O2S/c1-2-5-19(6-3-1)7-4-10-26-11-13-27(14-12-26)16-21-17-30-24(25-21)20-8-9-22-23(15-20)29-18-28-22/h1-9,15,17H,10-14,16,18H2/b7-4+. The van der Waals surface area contributed by atoms with E-state index in [0.717, 1.165) is 67.0 Å². The highest BCUT2D eigenvalue weighted by atomic mass is 32.1. The zero-order valence-electron chi connectivity index (χ0n) is 16.9. The lowest BCUT2D eigenvalue weighted by atomic mass is 10.2. The molecule has 5 nitrogen and oxygen atoms in total. The van der Waals surface area contributed by atoms with Gasteiger partial charge in [0.15, 0.2) is 11.5 Å². The molecule has 0 unspecified atom stereocenters. The van der Waals surface area contributed by atoms with E-state index in [-0.39, 0.29) is 0 Å². The molecule has 0 spiro atoms. The van der Waals surface area contributed by atoms with E-state index in [2.05, 4.69) is 63.7 Å². The average molecular weight is 420 g/mol. The summed E-state index contributed by atoms with van der Waals surface area (Å²) >= 11 is 1.69. The van der Waals surface area contributed by atoms with Crippen molar-refractivity contribution in [2.75, 3.05) is 39.5 Å². The van der Waals surface area contributed by atoms with Crippen molar-refractivity contribution >= 4 is 17.4 Å². The molecule has 2 aliphatic rings. The molecule has 0 bridgehead atoms. The van der Waals surface area contributed by atoms with Crippen LogP contribution in [0.25, 0.3) is 16.6 Å². The number of nitrogens with zero attached hydrogens (tertiary/aromatic N) is 3. The second kappa shape index (κ2) is 9.00. The predicted octanol–water partition coefficient (Wildman–Crippen LogP) is 4.37. The zero-order chi connectivity index (χ0) is 20.2. The molecule has 1 fully saturated rings. The van der Waals surface area contributed by atoms with Crippen LogP contribution in [0.15, 0.2) is 60.0 Å². The van der Waals surface area contributed by atoms with Gasteiger partial charge in [-0.25, -0.2) is 4.98 Å². The van der Waals surface area contributed by atoms with Crippen LogP contribution >= 0.6 is 11.3 Å². The number of thiazole rings is 1. The summed E-state index contributed by atoms with van der Waals surface area (Å²) in [6.45, 7) is 6.57. The molecule has 0 atom stereocenters. The fourth-order valence-corrected chi connectivity index (χ4v) is 4.61. The molecule has 0 amide bonds. The highest BCUT2D eigenvalue weighted by molar-refractivity contribution is 7.13. The number of aromatic nitrogens is 1. The first-order valence-electron chi connectivity index (χ1n) is 10.3. The van der Waals surface area contributed by atoms with Gasteiger partial charge in [0.05, 0.1) is 5.69 Å². The maximum atomic E-state index is 5.49. The molecule has 1 aromatic heterocycles. The van der Waals surface area contributed by atoms with Crippen molar-refractivity contribution in [3.63, 3.8) is 0 Å². The summed E-state index contributed by atoms with van der Waals surface area (Å²) < 4.78 is 10.9. The van der Waals surface area contributed by atoms with Crippen LogP contribution in [0.5, 0.6) is 11.5 Å². The molecule has 5 rings (SSSR count). The minimum absolute atomic E-state index is 0.302. The minimum Gasteiger partial charge on any atom is -0.454 e. The van der Waals surface area contributed by atoms with E-state index in [0.29, 0.717) is 6.79 Å². The fraction of sp³-hybridized carbons (Fsp3) is 0.292.